The third-order valence-electron chi connectivity index (χ3n) is 4.05. The van der Waals surface area contributed by atoms with Crippen molar-refractivity contribution in [3.63, 3.8) is 0 Å². The molecule has 1 aromatic heterocycles. The van der Waals surface area contributed by atoms with E-state index in [9.17, 15) is 9.90 Å². The van der Waals surface area contributed by atoms with Crippen molar-refractivity contribution in [3.8, 4) is 0 Å². The number of aliphatic hydroxyl groups is 1. The van der Waals surface area contributed by atoms with E-state index in [0.29, 0.717) is 19.4 Å². The first-order chi connectivity index (χ1) is 9.61. The summed E-state index contributed by atoms with van der Waals surface area (Å²) >= 11 is 1.74. The van der Waals surface area contributed by atoms with Gasteiger partial charge in [-0.15, -0.1) is 11.3 Å². The van der Waals surface area contributed by atoms with Crippen molar-refractivity contribution in [3.05, 3.63) is 21.9 Å². The van der Waals surface area contributed by atoms with Gasteiger partial charge in [0.15, 0.2) is 0 Å². The Kier molecular flexibility index (Phi) is 5.57. The Morgan fingerprint density at radius 2 is 2.35 bits per heavy atom. The number of hydrogen-bond donors (Lipinski definition) is 2. The number of aryl methyl sites for hydroxylation is 1. The van der Waals surface area contributed by atoms with Gasteiger partial charge in [0.05, 0.1) is 12.2 Å². The molecule has 0 aromatic carbocycles. The van der Waals surface area contributed by atoms with Crippen molar-refractivity contribution in [1.29, 1.82) is 0 Å². The van der Waals surface area contributed by atoms with Gasteiger partial charge < -0.3 is 15.2 Å². The molecule has 112 valence electrons. The van der Waals surface area contributed by atoms with E-state index in [1.165, 1.54) is 10.4 Å². The molecule has 0 aliphatic heterocycles. The molecular formula is C15H23NO3S. The lowest BCUT2D eigenvalue weighted by atomic mass is 9.84. The molecule has 1 aliphatic carbocycles. The van der Waals surface area contributed by atoms with Gasteiger partial charge in [-0.2, -0.15) is 0 Å². The molecule has 1 saturated carbocycles. The van der Waals surface area contributed by atoms with Gasteiger partial charge >= 0.3 is 0 Å². The van der Waals surface area contributed by atoms with E-state index in [2.05, 4.69) is 23.7 Å². The highest BCUT2D eigenvalue weighted by Crippen LogP contribution is 2.26. The van der Waals surface area contributed by atoms with E-state index in [0.717, 1.165) is 12.8 Å². The van der Waals surface area contributed by atoms with Crippen LogP contribution in [0.4, 0.5) is 0 Å². The van der Waals surface area contributed by atoms with Crippen molar-refractivity contribution >= 4 is 17.2 Å². The van der Waals surface area contributed by atoms with Gasteiger partial charge in [0.1, 0.15) is 0 Å². The van der Waals surface area contributed by atoms with Crippen LogP contribution in [0, 0.1) is 12.8 Å². The Hall–Kier alpha value is -0.910. The highest BCUT2D eigenvalue weighted by atomic mass is 32.1. The van der Waals surface area contributed by atoms with Gasteiger partial charge in [0, 0.05) is 24.4 Å². The van der Waals surface area contributed by atoms with E-state index >= 15 is 0 Å². The fourth-order valence-electron chi connectivity index (χ4n) is 2.71. The monoisotopic (exact) mass is 297 g/mol. The minimum absolute atomic E-state index is 0.0345. The van der Waals surface area contributed by atoms with Crippen molar-refractivity contribution in [2.45, 2.75) is 44.8 Å². The van der Waals surface area contributed by atoms with Crippen molar-refractivity contribution in [2.75, 3.05) is 13.7 Å². The molecule has 1 fully saturated rings. The Labute approximate surface area is 124 Å². The van der Waals surface area contributed by atoms with Crippen molar-refractivity contribution in [2.24, 2.45) is 5.92 Å². The number of aliphatic hydroxyl groups excluding tert-OH is 1. The molecule has 0 radical (unpaired) electrons. The Morgan fingerprint density at radius 1 is 1.55 bits per heavy atom. The number of thiophene rings is 1. The normalized spacial score (nSPS) is 26.4. The van der Waals surface area contributed by atoms with E-state index < -0.39 is 6.10 Å². The number of rotatable bonds is 5. The average Bonchev–Trinajstić information content (AvgIpc) is 2.85. The molecule has 2 N–H and O–H groups in total. The quantitative estimate of drug-likeness (QED) is 0.872. The summed E-state index contributed by atoms with van der Waals surface area (Å²) < 4.78 is 5.23. The number of hydrogen-bond acceptors (Lipinski definition) is 4. The summed E-state index contributed by atoms with van der Waals surface area (Å²) in [4.78, 5) is 13.5. The van der Waals surface area contributed by atoms with Crippen LogP contribution < -0.4 is 5.32 Å². The molecule has 2 rings (SSSR count). The summed E-state index contributed by atoms with van der Waals surface area (Å²) in [6.07, 6.45) is 2.24. The number of carbonyl (C=O) groups is 1. The van der Waals surface area contributed by atoms with Crippen LogP contribution in [0.15, 0.2) is 11.4 Å². The lowest BCUT2D eigenvalue weighted by Crippen LogP contribution is -2.41. The predicted molar refractivity (Wildman–Crippen MR) is 79.9 cm³/mol. The van der Waals surface area contributed by atoms with E-state index in [1.54, 1.807) is 18.4 Å². The number of amides is 1. The highest BCUT2D eigenvalue weighted by Gasteiger charge is 2.32. The third-order valence-corrected chi connectivity index (χ3v) is 5.13. The second-order valence-electron chi connectivity index (χ2n) is 5.42. The molecule has 0 spiro atoms. The van der Waals surface area contributed by atoms with Crippen LogP contribution in [0.1, 0.15) is 29.7 Å². The predicted octanol–water partition coefficient (Wildman–Crippen LogP) is 1.89. The van der Waals surface area contributed by atoms with Gasteiger partial charge in [-0.1, -0.05) is 0 Å². The van der Waals surface area contributed by atoms with Crippen LogP contribution in [0.25, 0.3) is 0 Å². The molecule has 0 unspecified atom stereocenters. The molecular weight excluding hydrogens is 274 g/mol. The molecule has 4 nitrogen and oxygen atoms in total. The van der Waals surface area contributed by atoms with Gasteiger partial charge in [-0.05, 0) is 49.6 Å². The lowest BCUT2D eigenvalue weighted by molar-refractivity contribution is -0.130. The second kappa shape index (κ2) is 7.20. The number of ether oxygens (including phenoxy) is 1. The number of nitrogens with one attached hydrogen (secondary N) is 1. The van der Waals surface area contributed by atoms with E-state index in [-0.39, 0.29) is 17.9 Å². The van der Waals surface area contributed by atoms with Gasteiger partial charge in [-0.25, -0.2) is 0 Å². The Balaban J connectivity index is 1.76. The molecule has 0 saturated heterocycles. The fraction of sp³-hybridized carbons (Fsp3) is 0.667. The molecule has 3 atom stereocenters. The van der Waals surface area contributed by atoms with Crippen LogP contribution >= 0.6 is 11.3 Å². The molecule has 1 heterocycles. The molecule has 0 bridgehead atoms. The molecule has 20 heavy (non-hydrogen) atoms. The smallest absolute Gasteiger partial charge is 0.223 e. The van der Waals surface area contributed by atoms with Crippen LogP contribution in [-0.4, -0.2) is 36.9 Å². The summed E-state index contributed by atoms with van der Waals surface area (Å²) in [7, 11) is 1.59. The maximum atomic E-state index is 12.1. The van der Waals surface area contributed by atoms with E-state index in [1.807, 2.05) is 0 Å². The summed E-state index contributed by atoms with van der Waals surface area (Å²) in [5.74, 6) is 0.0564. The summed E-state index contributed by atoms with van der Waals surface area (Å²) in [6, 6.07) is 2.10. The SMILES string of the molecule is CO[C@@H]1C[C@H](C(=O)NCCc2sccc2C)CC[C@@H]1O. The number of methoxy groups -OCH3 is 1. The number of carbonyl (C=O) groups excluding carboxylic acids is 1. The van der Waals surface area contributed by atoms with Crippen LogP contribution in [0.2, 0.25) is 0 Å². The van der Waals surface area contributed by atoms with Crippen molar-refractivity contribution in [1.82, 2.24) is 5.32 Å². The fourth-order valence-corrected chi connectivity index (χ4v) is 3.62. The molecule has 5 heteroatoms. The van der Waals surface area contributed by atoms with Crippen LogP contribution in [0.3, 0.4) is 0 Å². The first-order valence-corrected chi connectivity index (χ1v) is 8.01. The lowest BCUT2D eigenvalue weighted by Gasteiger charge is -2.31. The standard InChI is InChI=1S/C15H23NO3S/c1-10-6-8-20-14(10)5-7-16-15(18)11-3-4-12(17)13(9-11)19-2/h6,8,11-13,17H,3-5,7,9H2,1-2H3,(H,16,18)/t11-,12+,13-/m1/s1. The zero-order valence-electron chi connectivity index (χ0n) is 12.1. The topological polar surface area (TPSA) is 58.6 Å². The van der Waals surface area contributed by atoms with Crippen LogP contribution in [0.5, 0.6) is 0 Å². The van der Waals surface area contributed by atoms with E-state index in [4.69, 9.17) is 4.74 Å². The summed E-state index contributed by atoms with van der Waals surface area (Å²) in [6.45, 7) is 2.77. The average molecular weight is 297 g/mol. The zero-order chi connectivity index (χ0) is 14.5. The maximum Gasteiger partial charge on any atom is 0.223 e. The zero-order valence-corrected chi connectivity index (χ0v) is 12.9. The first kappa shape index (κ1) is 15.5. The Bertz CT molecular complexity index is 446. The van der Waals surface area contributed by atoms with Crippen LogP contribution in [-0.2, 0) is 16.0 Å². The Morgan fingerprint density at radius 3 is 3.00 bits per heavy atom. The first-order valence-electron chi connectivity index (χ1n) is 7.13. The summed E-state index contributed by atoms with van der Waals surface area (Å²) in [5, 5.41) is 14.8. The molecule has 1 amide bonds. The van der Waals surface area contributed by atoms with Gasteiger partial charge in [0.25, 0.3) is 0 Å². The van der Waals surface area contributed by atoms with Crippen molar-refractivity contribution < 1.29 is 14.6 Å². The minimum Gasteiger partial charge on any atom is -0.390 e. The largest absolute Gasteiger partial charge is 0.390 e. The minimum atomic E-state index is -0.433. The summed E-state index contributed by atoms with van der Waals surface area (Å²) in [5.41, 5.74) is 1.30. The van der Waals surface area contributed by atoms with Gasteiger partial charge in [0.2, 0.25) is 5.91 Å². The third kappa shape index (κ3) is 3.81. The maximum absolute atomic E-state index is 12.1. The van der Waals surface area contributed by atoms with Gasteiger partial charge in [-0.3, -0.25) is 4.79 Å². The second-order valence-corrected chi connectivity index (χ2v) is 6.42. The molecule has 1 aliphatic rings. The molecule has 1 aromatic rings. The highest BCUT2D eigenvalue weighted by molar-refractivity contribution is 7.10.